The molecule has 4 rings (SSSR count). The molecule has 1 aromatic carbocycles. The van der Waals surface area contributed by atoms with Crippen molar-refractivity contribution in [1.82, 2.24) is 14.8 Å². The number of ether oxygens (including phenoxy) is 1. The molecule has 0 saturated carbocycles. The number of fused-ring (bicyclic) bond motifs is 1. The number of nitrogens with zero attached hydrogens (tertiary/aromatic N) is 2. The van der Waals surface area contributed by atoms with E-state index in [4.69, 9.17) is 4.74 Å². The Morgan fingerprint density at radius 2 is 1.86 bits per heavy atom. The number of carbonyl (C=O) groups excluding carboxylic acids is 2. The van der Waals surface area contributed by atoms with Crippen molar-refractivity contribution in [3.63, 3.8) is 0 Å². The molecule has 0 bridgehead atoms. The van der Waals surface area contributed by atoms with Crippen LogP contribution in [0.5, 0.6) is 0 Å². The normalized spacial score (nSPS) is 17.5. The van der Waals surface area contributed by atoms with E-state index in [0.29, 0.717) is 37.6 Å². The minimum Gasteiger partial charge on any atom is -0.378 e. The smallest absolute Gasteiger partial charge is 0.270 e. The average Bonchev–Trinajstić information content (AvgIpc) is 3.18. The summed E-state index contributed by atoms with van der Waals surface area (Å²) in [6.07, 6.45) is 3.73. The number of amides is 2. The van der Waals surface area contributed by atoms with E-state index in [1.807, 2.05) is 41.3 Å². The first-order chi connectivity index (χ1) is 14.2. The quantitative estimate of drug-likeness (QED) is 0.846. The number of rotatable bonds is 5. The number of morpholine rings is 1. The zero-order chi connectivity index (χ0) is 20.2. The largest absolute Gasteiger partial charge is 0.378 e. The summed E-state index contributed by atoms with van der Waals surface area (Å²) >= 11 is 0. The van der Waals surface area contributed by atoms with Crippen molar-refractivity contribution in [3.8, 4) is 0 Å². The van der Waals surface area contributed by atoms with Crippen LogP contribution in [0.3, 0.4) is 0 Å². The van der Waals surface area contributed by atoms with Gasteiger partial charge in [-0.05, 0) is 37.3 Å². The summed E-state index contributed by atoms with van der Waals surface area (Å²) in [4.78, 5) is 28.2. The third-order valence-corrected chi connectivity index (χ3v) is 5.93. The minimum absolute atomic E-state index is 0.00519. The van der Waals surface area contributed by atoms with Crippen molar-refractivity contribution in [2.75, 3.05) is 26.3 Å². The van der Waals surface area contributed by atoms with Gasteiger partial charge in [-0.15, -0.1) is 0 Å². The summed E-state index contributed by atoms with van der Waals surface area (Å²) in [6.45, 7) is 5.22. The van der Waals surface area contributed by atoms with Crippen LogP contribution in [0.2, 0.25) is 0 Å². The van der Waals surface area contributed by atoms with Crippen LogP contribution in [0.4, 0.5) is 0 Å². The predicted molar refractivity (Wildman–Crippen MR) is 111 cm³/mol. The summed E-state index contributed by atoms with van der Waals surface area (Å²) in [5.41, 5.74) is 3.38. The molecule has 1 N–H and O–H groups in total. The highest BCUT2D eigenvalue weighted by Gasteiger charge is 2.29. The fraction of sp³-hybridized carbons (Fsp3) is 0.478. The first-order valence-corrected chi connectivity index (χ1v) is 10.6. The summed E-state index contributed by atoms with van der Waals surface area (Å²) < 4.78 is 7.44. The van der Waals surface area contributed by atoms with Gasteiger partial charge in [0.15, 0.2) is 0 Å². The molecule has 6 nitrogen and oxygen atoms in total. The van der Waals surface area contributed by atoms with Crippen LogP contribution in [-0.4, -0.2) is 47.6 Å². The Labute approximate surface area is 171 Å². The van der Waals surface area contributed by atoms with Crippen LogP contribution in [0.1, 0.15) is 64.3 Å². The maximum atomic E-state index is 13.2. The second-order valence-corrected chi connectivity index (χ2v) is 7.75. The highest BCUT2D eigenvalue weighted by Crippen LogP contribution is 2.26. The first-order valence-electron chi connectivity index (χ1n) is 10.6. The molecule has 6 heteroatoms. The van der Waals surface area contributed by atoms with Crippen molar-refractivity contribution in [1.29, 1.82) is 0 Å². The number of carbonyl (C=O) groups is 2. The highest BCUT2D eigenvalue weighted by molar-refractivity contribution is 6.01. The van der Waals surface area contributed by atoms with E-state index < -0.39 is 0 Å². The van der Waals surface area contributed by atoms with Crippen molar-refractivity contribution >= 4 is 11.8 Å². The van der Waals surface area contributed by atoms with E-state index in [9.17, 15) is 9.59 Å². The van der Waals surface area contributed by atoms with Crippen molar-refractivity contribution in [2.24, 2.45) is 0 Å². The molecule has 1 atom stereocenters. The Balaban J connectivity index is 1.60. The number of nitrogens with one attached hydrogen (secondary N) is 1. The Morgan fingerprint density at radius 1 is 1.10 bits per heavy atom. The number of aromatic nitrogens is 1. The monoisotopic (exact) mass is 395 g/mol. The lowest BCUT2D eigenvalue weighted by Crippen LogP contribution is -2.41. The lowest BCUT2D eigenvalue weighted by molar-refractivity contribution is 0.0295. The number of hydrogen-bond acceptors (Lipinski definition) is 3. The molecule has 2 amide bonds. The molecule has 0 spiro atoms. The van der Waals surface area contributed by atoms with Crippen LogP contribution in [0.25, 0.3) is 0 Å². The standard InChI is InChI=1S/C23H29N3O3/c1-2-19(17-8-4-3-5-9-17)24-22(27)18-16-21(26-11-7-6-10-20(18)26)23(28)25-12-14-29-15-13-25/h3-5,8-9,16,19H,2,6-7,10-15H2,1H3,(H,24,27)/t19-/m1/s1. The van der Waals surface area contributed by atoms with Crippen molar-refractivity contribution < 1.29 is 14.3 Å². The molecule has 0 radical (unpaired) electrons. The first kappa shape index (κ1) is 19.7. The number of benzene rings is 1. The lowest BCUT2D eigenvalue weighted by Gasteiger charge is -2.28. The molecule has 2 aliphatic heterocycles. The van der Waals surface area contributed by atoms with Gasteiger partial charge in [-0.1, -0.05) is 37.3 Å². The molecular weight excluding hydrogens is 366 g/mol. The second-order valence-electron chi connectivity index (χ2n) is 7.75. The zero-order valence-electron chi connectivity index (χ0n) is 17.0. The SMILES string of the molecule is CC[C@@H](NC(=O)c1cc(C(=O)N2CCOCC2)n2c1CCCC2)c1ccccc1. The van der Waals surface area contributed by atoms with E-state index in [-0.39, 0.29) is 17.9 Å². The van der Waals surface area contributed by atoms with Gasteiger partial charge in [0.1, 0.15) is 5.69 Å². The molecule has 0 unspecified atom stereocenters. The molecular formula is C23H29N3O3. The fourth-order valence-corrected chi connectivity index (χ4v) is 4.32. The zero-order valence-corrected chi connectivity index (χ0v) is 17.0. The third kappa shape index (κ3) is 4.08. The minimum atomic E-state index is -0.0904. The van der Waals surface area contributed by atoms with Crippen LogP contribution in [-0.2, 0) is 17.7 Å². The van der Waals surface area contributed by atoms with Gasteiger partial charge in [-0.25, -0.2) is 0 Å². The molecule has 1 fully saturated rings. The number of hydrogen-bond donors (Lipinski definition) is 1. The van der Waals surface area contributed by atoms with Crippen LogP contribution in [0, 0.1) is 0 Å². The molecule has 1 saturated heterocycles. The van der Waals surface area contributed by atoms with Gasteiger partial charge in [0, 0.05) is 25.3 Å². The maximum absolute atomic E-state index is 13.2. The van der Waals surface area contributed by atoms with Gasteiger partial charge in [0.05, 0.1) is 24.8 Å². The molecule has 0 aliphatic carbocycles. The molecule has 29 heavy (non-hydrogen) atoms. The second kappa shape index (κ2) is 8.82. The van der Waals surface area contributed by atoms with Crippen molar-refractivity contribution in [2.45, 2.75) is 45.2 Å². The molecule has 1 aromatic heterocycles. The van der Waals surface area contributed by atoms with E-state index in [2.05, 4.69) is 16.8 Å². The predicted octanol–water partition coefficient (Wildman–Crippen LogP) is 3.18. The van der Waals surface area contributed by atoms with E-state index in [1.165, 1.54) is 0 Å². The van der Waals surface area contributed by atoms with Gasteiger partial charge in [-0.2, -0.15) is 0 Å². The Kier molecular flexibility index (Phi) is 6.00. The van der Waals surface area contributed by atoms with Crippen LogP contribution < -0.4 is 5.32 Å². The van der Waals surface area contributed by atoms with E-state index >= 15 is 0 Å². The molecule has 154 valence electrons. The maximum Gasteiger partial charge on any atom is 0.270 e. The third-order valence-electron chi connectivity index (χ3n) is 5.93. The average molecular weight is 396 g/mol. The Hall–Kier alpha value is -2.60. The molecule has 2 aromatic rings. The summed E-state index contributed by atoms with van der Waals surface area (Å²) in [5, 5.41) is 3.18. The summed E-state index contributed by atoms with van der Waals surface area (Å²) in [7, 11) is 0. The van der Waals surface area contributed by atoms with Gasteiger partial charge >= 0.3 is 0 Å². The van der Waals surface area contributed by atoms with Crippen LogP contribution in [0.15, 0.2) is 36.4 Å². The summed E-state index contributed by atoms with van der Waals surface area (Å²) in [5.74, 6) is -0.0852. The van der Waals surface area contributed by atoms with Gasteiger partial charge in [-0.3, -0.25) is 9.59 Å². The Bertz CT molecular complexity index is 869. The van der Waals surface area contributed by atoms with Crippen LogP contribution >= 0.6 is 0 Å². The Morgan fingerprint density at radius 3 is 2.59 bits per heavy atom. The van der Waals surface area contributed by atoms with Crippen molar-refractivity contribution in [3.05, 3.63) is 58.9 Å². The van der Waals surface area contributed by atoms with Gasteiger partial charge in [0.25, 0.3) is 11.8 Å². The fourth-order valence-electron chi connectivity index (χ4n) is 4.32. The molecule has 3 heterocycles. The van der Waals surface area contributed by atoms with E-state index in [0.717, 1.165) is 43.5 Å². The van der Waals surface area contributed by atoms with Gasteiger partial charge in [0.2, 0.25) is 0 Å². The topological polar surface area (TPSA) is 63.6 Å². The molecule has 2 aliphatic rings. The van der Waals surface area contributed by atoms with E-state index in [1.54, 1.807) is 0 Å². The lowest BCUT2D eigenvalue weighted by atomic mass is 10.0. The van der Waals surface area contributed by atoms with Gasteiger partial charge < -0.3 is 19.5 Å². The summed E-state index contributed by atoms with van der Waals surface area (Å²) in [6, 6.07) is 11.8. The highest BCUT2D eigenvalue weighted by atomic mass is 16.5.